The first-order chi connectivity index (χ1) is 8.61. The number of aryl methyl sites for hydroxylation is 1. The first-order valence-corrected chi connectivity index (χ1v) is 7.48. The maximum absolute atomic E-state index is 10.3. The Kier molecular flexibility index (Phi) is 4.74. The lowest BCUT2D eigenvalue weighted by Gasteiger charge is -2.13. The van der Waals surface area contributed by atoms with Crippen molar-refractivity contribution < 1.29 is 5.11 Å². The van der Waals surface area contributed by atoms with Gasteiger partial charge in [-0.3, -0.25) is 4.68 Å². The molecule has 18 heavy (non-hydrogen) atoms. The average molecular weight is 422 g/mol. The molecular weight excluding hydrogens is 409 g/mol. The SMILES string of the molecule is CCn1ncnc1CC(O)c1cc(Br)ccc1I. The molecule has 1 atom stereocenters. The summed E-state index contributed by atoms with van der Waals surface area (Å²) < 4.78 is 3.81. The molecule has 0 bridgehead atoms. The summed E-state index contributed by atoms with van der Waals surface area (Å²) in [7, 11) is 0. The summed E-state index contributed by atoms with van der Waals surface area (Å²) in [6, 6.07) is 5.89. The Morgan fingerprint density at radius 3 is 3.00 bits per heavy atom. The van der Waals surface area contributed by atoms with Gasteiger partial charge in [-0.2, -0.15) is 5.10 Å². The molecule has 96 valence electrons. The summed E-state index contributed by atoms with van der Waals surface area (Å²) in [5.74, 6) is 0.806. The molecule has 6 heteroatoms. The minimum atomic E-state index is -0.566. The lowest BCUT2D eigenvalue weighted by atomic mass is 10.1. The van der Waals surface area contributed by atoms with Crippen LogP contribution in [0.1, 0.15) is 24.4 Å². The molecule has 2 rings (SSSR count). The van der Waals surface area contributed by atoms with Crippen LogP contribution in [0.4, 0.5) is 0 Å². The van der Waals surface area contributed by atoms with Gasteiger partial charge in [0.1, 0.15) is 12.2 Å². The zero-order chi connectivity index (χ0) is 13.1. The number of halogens is 2. The van der Waals surface area contributed by atoms with E-state index in [4.69, 9.17) is 0 Å². The Balaban J connectivity index is 2.21. The molecule has 0 radical (unpaired) electrons. The van der Waals surface area contributed by atoms with Crippen molar-refractivity contribution in [2.24, 2.45) is 0 Å². The lowest BCUT2D eigenvalue weighted by Crippen LogP contribution is -2.10. The number of rotatable bonds is 4. The van der Waals surface area contributed by atoms with Gasteiger partial charge in [0.05, 0.1) is 6.10 Å². The highest BCUT2D eigenvalue weighted by Gasteiger charge is 2.15. The van der Waals surface area contributed by atoms with Gasteiger partial charge in [-0.15, -0.1) is 0 Å². The number of benzene rings is 1. The van der Waals surface area contributed by atoms with Crippen LogP contribution in [-0.4, -0.2) is 19.9 Å². The summed E-state index contributed by atoms with van der Waals surface area (Å²) in [6.07, 6.45) is 1.43. The Morgan fingerprint density at radius 2 is 2.28 bits per heavy atom. The first-order valence-electron chi connectivity index (χ1n) is 5.61. The van der Waals surface area contributed by atoms with Gasteiger partial charge in [-0.05, 0) is 53.3 Å². The Labute approximate surface area is 128 Å². The molecule has 0 aliphatic rings. The first kappa shape index (κ1) is 14.0. The van der Waals surface area contributed by atoms with Gasteiger partial charge in [0.2, 0.25) is 0 Å². The molecule has 2 aromatic rings. The highest BCUT2D eigenvalue weighted by Crippen LogP contribution is 2.26. The van der Waals surface area contributed by atoms with Gasteiger partial charge in [-0.1, -0.05) is 15.9 Å². The van der Waals surface area contributed by atoms with Crippen LogP contribution in [0, 0.1) is 3.57 Å². The van der Waals surface area contributed by atoms with Crippen LogP contribution in [0.5, 0.6) is 0 Å². The van der Waals surface area contributed by atoms with Gasteiger partial charge in [-0.25, -0.2) is 4.98 Å². The van der Waals surface area contributed by atoms with Crippen LogP contribution in [0.2, 0.25) is 0 Å². The second kappa shape index (κ2) is 6.12. The maximum Gasteiger partial charge on any atom is 0.138 e. The molecule has 0 amide bonds. The Hall–Kier alpha value is -0.470. The molecular formula is C12H13BrIN3O. The molecule has 1 heterocycles. The lowest BCUT2D eigenvalue weighted by molar-refractivity contribution is 0.173. The molecule has 0 spiro atoms. The van der Waals surface area contributed by atoms with Crippen molar-refractivity contribution in [1.29, 1.82) is 0 Å². The minimum absolute atomic E-state index is 0.473. The number of aromatic nitrogens is 3. The molecule has 0 aliphatic heterocycles. The van der Waals surface area contributed by atoms with Crippen LogP contribution in [-0.2, 0) is 13.0 Å². The zero-order valence-corrected chi connectivity index (χ0v) is 13.6. The molecule has 0 saturated heterocycles. The largest absolute Gasteiger partial charge is 0.388 e. The van der Waals surface area contributed by atoms with Gasteiger partial charge < -0.3 is 5.11 Å². The summed E-state index contributed by atoms with van der Waals surface area (Å²) in [5.41, 5.74) is 0.913. The van der Waals surface area contributed by atoms with E-state index in [1.807, 2.05) is 25.1 Å². The Morgan fingerprint density at radius 1 is 1.50 bits per heavy atom. The van der Waals surface area contributed by atoms with Crippen molar-refractivity contribution in [1.82, 2.24) is 14.8 Å². The second-order valence-electron chi connectivity index (χ2n) is 3.88. The number of hydrogen-bond acceptors (Lipinski definition) is 3. The maximum atomic E-state index is 10.3. The van der Waals surface area contributed by atoms with E-state index in [-0.39, 0.29) is 0 Å². The van der Waals surface area contributed by atoms with Crippen LogP contribution in [0.25, 0.3) is 0 Å². The fourth-order valence-electron chi connectivity index (χ4n) is 1.76. The van der Waals surface area contributed by atoms with Crippen molar-refractivity contribution >= 4 is 38.5 Å². The van der Waals surface area contributed by atoms with Crippen molar-refractivity contribution in [3.05, 3.63) is 44.0 Å². The van der Waals surface area contributed by atoms with E-state index in [1.54, 1.807) is 4.68 Å². The molecule has 0 aliphatic carbocycles. The molecule has 1 N–H and O–H groups in total. The fraction of sp³-hybridized carbons (Fsp3) is 0.333. The van der Waals surface area contributed by atoms with E-state index in [0.717, 1.165) is 26.0 Å². The molecule has 1 aromatic heterocycles. The molecule has 1 aromatic carbocycles. The number of aliphatic hydroxyl groups is 1. The van der Waals surface area contributed by atoms with Crippen LogP contribution >= 0.6 is 38.5 Å². The fourth-order valence-corrected chi connectivity index (χ4v) is 2.84. The van der Waals surface area contributed by atoms with E-state index in [0.29, 0.717) is 6.42 Å². The molecule has 4 nitrogen and oxygen atoms in total. The third kappa shape index (κ3) is 3.10. The smallest absolute Gasteiger partial charge is 0.138 e. The van der Waals surface area contributed by atoms with Crippen molar-refractivity contribution in [3.63, 3.8) is 0 Å². The van der Waals surface area contributed by atoms with Gasteiger partial charge in [0, 0.05) is 21.0 Å². The van der Waals surface area contributed by atoms with E-state index >= 15 is 0 Å². The second-order valence-corrected chi connectivity index (χ2v) is 5.96. The quantitative estimate of drug-likeness (QED) is 0.772. The minimum Gasteiger partial charge on any atom is -0.388 e. The van der Waals surface area contributed by atoms with E-state index in [9.17, 15) is 5.11 Å². The van der Waals surface area contributed by atoms with Crippen molar-refractivity contribution in [3.8, 4) is 0 Å². The summed E-state index contributed by atoms with van der Waals surface area (Å²) in [5, 5.41) is 14.4. The third-order valence-electron chi connectivity index (χ3n) is 2.69. The van der Waals surface area contributed by atoms with Crippen LogP contribution in [0.15, 0.2) is 29.0 Å². The van der Waals surface area contributed by atoms with Gasteiger partial charge in [0.25, 0.3) is 0 Å². The summed E-state index contributed by atoms with van der Waals surface area (Å²) >= 11 is 5.65. The topological polar surface area (TPSA) is 50.9 Å². The third-order valence-corrected chi connectivity index (χ3v) is 4.16. The standard InChI is InChI=1S/C12H13BrIN3O/c1-2-17-12(15-7-16-17)6-11(18)9-5-8(13)3-4-10(9)14/h3-5,7,11,18H,2,6H2,1H3. The highest BCUT2D eigenvalue weighted by atomic mass is 127. The summed E-state index contributed by atoms with van der Waals surface area (Å²) in [4.78, 5) is 4.18. The average Bonchev–Trinajstić information content (AvgIpc) is 2.79. The molecule has 1 unspecified atom stereocenters. The number of hydrogen-bond donors (Lipinski definition) is 1. The predicted octanol–water partition coefficient (Wildman–Crippen LogP) is 2.94. The van der Waals surface area contributed by atoms with E-state index in [2.05, 4.69) is 48.6 Å². The van der Waals surface area contributed by atoms with E-state index in [1.165, 1.54) is 6.33 Å². The normalized spacial score (nSPS) is 12.7. The predicted molar refractivity (Wildman–Crippen MR) is 81.2 cm³/mol. The monoisotopic (exact) mass is 421 g/mol. The van der Waals surface area contributed by atoms with Gasteiger partial charge >= 0.3 is 0 Å². The zero-order valence-electron chi connectivity index (χ0n) is 9.85. The molecule has 0 fully saturated rings. The van der Waals surface area contributed by atoms with Crippen molar-refractivity contribution in [2.75, 3.05) is 0 Å². The highest BCUT2D eigenvalue weighted by molar-refractivity contribution is 14.1. The molecule has 0 saturated carbocycles. The Bertz CT molecular complexity index is 544. The van der Waals surface area contributed by atoms with Crippen LogP contribution < -0.4 is 0 Å². The van der Waals surface area contributed by atoms with Crippen LogP contribution in [0.3, 0.4) is 0 Å². The summed E-state index contributed by atoms with van der Waals surface area (Å²) in [6.45, 7) is 2.77. The van der Waals surface area contributed by atoms with E-state index < -0.39 is 6.10 Å². The number of nitrogens with zero attached hydrogens (tertiary/aromatic N) is 3. The van der Waals surface area contributed by atoms with Crippen molar-refractivity contribution in [2.45, 2.75) is 26.0 Å². The van der Waals surface area contributed by atoms with Gasteiger partial charge in [0.15, 0.2) is 0 Å². The number of aliphatic hydroxyl groups excluding tert-OH is 1.